The highest BCUT2D eigenvalue weighted by Gasteiger charge is 2.60. The molecule has 2 aromatic rings. The summed E-state index contributed by atoms with van der Waals surface area (Å²) in [6.07, 6.45) is 4.54. The summed E-state index contributed by atoms with van der Waals surface area (Å²) in [5.74, 6) is 1.20. The van der Waals surface area contributed by atoms with Gasteiger partial charge in [-0.25, -0.2) is 0 Å². The van der Waals surface area contributed by atoms with Crippen LogP contribution >= 0.6 is 11.6 Å². The fourth-order valence-corrected chi connectivity index (χ4v) is 8.37. The lowest BCUT2D eigenvalue weighted by Crippen LogP contribution is -2.61. The second-order valence-corrected chi connectivity index (χ2v) is 12.6. The van der Waals surface area contributed by atoms with Crippen LogP contribution in [0.4, 0.5) is 5.82 Å². The van der Waals surface area contributed by atoms with Crippen LogP contribution in [0.3, 0.4) is 0 Å². The Kier molecular flexibility index (Phi) is 5.64. The number of aromatic nitrogens is 1. The largest absolute Gasteiger partial charge is 0.481 e. The summed E-state index contributed by atoms with van der Waals surface area (Å²) in [4.78, 5) is 31.9. The van der Waals surface area contributed by atoms with E-state index in [0.717, 1.165) is 37.7 Å². The summed E-state index contributed by atoms with van der Waals surface area (Å²) in [5, 5.41) is 24.2. The van der Waals surface area contributed by atoms with Gasteiger partial charge in [0.25, 0.3) is 5.91 Å². The van der Waals surface area contributed by atoms with Crippen molar-refractivity contribution in [2.24, 2.45) is 35.5 Å². The highest BCUT2D eigenvalue weighted by Crippen LogP contribution is 2.56. The SMILES string of the molecule is O=C(NC1C2CC3CC1CC(O)(C3)C2)c1ccc(N2C[C@@H]3C(C(=O)O)[C@@H]3C2)nc1OCc1ccccc1Cl. The van der Waals surface area contributed by atoms with E-state index < -0.39 is 11.6 Å². The van der Waals surface area contributed by atoms with E-state index in [1.165, 1.54) is 0 Å². The molecule has 5 saturated carbocycles. The van der Waals surface area contributed by atoms with Gasteiger partial charge in [-0.1, -0.05) is 29.8 Å². The van der Waals surface area contributed by atoms with Gasteiger partial charge >= 0.3 is 5.97 Å². The minimum atomic E-state index is -0.722. The number of anilines is 1. The maximum absolute atomic E-state index is 13.6. The van der Waals surface area contributed by atoms with Crippen molar-refractivity contribution in [2.45, 2.75) is 50.4 Å². The first kappa shape index (κ1) is 24.2. The van der Waals surface area contributed by atoms with Crippen LogP contribution in [0.1, 0.15) is 48.0 Å². The molecule has 0 spiro atoms. The predicted octanol–water partition coefficient (Wildman–Crippen LogP) is 3.75. The summed E-state index contributed by atoms with van der Waals surface area (Å²) in [6, 6.07) is 11.1. The Hall–Kier alpha value is -2.84. The minimum Gasteiger partial charge on any atom is -0.481 e. The van der Waals surface area contributed by atoms with Gasteiger partial charge in [0.1, 0.15) is 18.0 Å². The molecule has 6 fully saturated rings. The fourth-order valence-electron chi connectivity index (χ4n) is 8.18. The lowest BCUT2D eigenvalue weighted by molar-refractivity contribution is -0.139. The molecule has 8 nitrogen and oxygen atoms in total. The third-order valence-electron chi connectivity index (χ3n) is 9.75. The number of hydrogen-bond acceptors (Lipinski definition) is 6. The Morgan fingerprint density at radius 2 is 1.79 bits per heavy atom. The van der Waals surface area contributed by atoms with Crippen molar-refractivity contribution in [1.29, 1.82) is 0 Å². The van der Waals surface area contributed by atoms with Crippen molar-refractivity contribution in [3.8, 4) is 5.88 Å². The van der Waals surface area contributed by atoms with Gasteiger partial charge in [-0.3, -0.25) is 9.59 Å². The van der Waals surface area contributed by atoms with Gasteiger partial charge in [-0.05, 0) is 79.9 Å². The number of fused-ring (bicyclic) bond motifs is 1. The predicted molar refractivity (Wildman–Crippen MR) is 140 cm³/mol. The smallest absolute Gasteiger partial charge is 0.307 e. The van der Waals surface area contributed by atoms with Crippen LogP contribution in [0.25, 0.3) is 0 Å². The van der Waals surface area contributed by atoms with Crippen LogP contribution in [0.2, 0.25) is 5.02 Å². The molecule has 6 aliphatic rings. The van der Waals surface area contributed by atoms with E-state index >= 15 is 0 Å². The Bertz CT molecular complexity index is 1270. The number of aliphatic hydroxyl groups is 1. The number of benzene rings is 1. The first-order valence-electron chi connectivity index (χ1n) is 13.7. The maximum atomic E-state index is 13.6. The summed E-state index contributed by atoms with van der Waals surface area (Å²) in [5.41, 5.74) is 0.620. The number of nitrogens with zero attached hydrogens (tertiary/aromatic N) is 2. The molecule has 200 valence electrons. The summed E-state index contributed by atoms with van der Waals surface area (Å²) in [6.45, 7) is 1.45. The van der Waals surface area contributed by atoms with E-state index in [1.807, 2.05) is 24.3 Å². The van der Waals surface area contributed by atoms with E-state index in [-0.39, 0.29) is 42.2 Å². The Balaban J connectivity index is 1.12. The van der Waals surface area contributed by atoms with Crippen LogP contribution < -0.4 is 15.0 Å². The van der Waals surface area contributed by atoms with Crippen LogP contribution in [0, 0.1) is 35.5 Å². The topological polar surface area (TPSA) is 112 Å². The summed E-state index contributed by atoms with van der Waals surface area (Å²) >= 11 is 6.34. The third kappa shape index (κ3) is 4.13. The number of halogens is 1. The number of carbonyl (C=O) groups excluding carboxylic acids is 1. The molecule has 1 aliphatic heterocycles. The molecule has 3 N–H and O–H groups in total. The van der Waals surface area contributed by atoms with Gasteiger partial charge in [-0.2, -0.15) is 4.98 Å². The van der Waals surface area contributed by atoms with E-state index in [2.05, 4.69) is 10.2 Å². The standard InChI is InChI=1S/C29H32ClN3O5/c30-22-4-2-1-3-16(22)14-38-27-19(5-6-23(31-27)33-12-20-21(13-33)24(20)28(35)36)26(34)32-25-17-7-15-8-18(25)11-29(37,9-15)10-17/h1-6,15,17-18,20-21,24-25,37H,7-14H2,(H,32,34)(H,35,36)/t15?,17?,18?,20-,21+,24?,25?,29?. The number of aliphatic carboxylic acids is 1. The van der Waals surface area contributed by atoms with Crippen molar-refractivity contribution in [1.82, 2.24) is 10.3 Å². The normalized spacial score (nSPS) is 36.2. The third-order valence-corrected chi connectivity index (χ3v) is 10.1. The molecular formula is C29H32ClN3O5. The van der Waals surface area contributed by atoms with E-state index in [1.54, 1.807) is 12.1 Å². The number of carbonyl (C=O) groups is 2. The highest BCUT2D eigenvalue weighted by atomic mass is 35.5. The van der Waals surface area contributed by atoms with E-state index in [9.17, 15) is 19.8 Å². The van der Waals surface area contributed by atoms with Gasteiger partial charge < -0.3 is 25.2 Å². The van der Waals surface area contributed by atoms with Crippen molar-refractivity contribution >= 4 is 29.3 Å². The van der Waals surface area contributed by atoms with Gasteiger partial charge in [0.15, 0.2) is 0 Å². The minimum absolute atomic E-state index is 0.0501. The van der Waals surface area contributed by atoms with Crippen molar-refractivity contribution in [3.63, 3.8) is 0 Å². The van der Waals surface area contributed by atoms with Crippen LogP contribution in [0.15, 0.2) is 36.4 Å². The molecule has 38 heavy (non-hydrogen) atoms. The number of ether oxygens (including phenoxy) is 1. The number of pyridine rings is 1. The van der Waals surface area contributed by atoms with E-state index in [4.69, 9.17) is 21.3 Å². The van der Waals surface area contributed by atoms with Crippen LogP contribution in [0.5, 0.6) is 5.88 Å². The number of hydrogen-bond donors (Lipinski definition) is 3. The number of carboxylic acid groups (broad SMARTS) is 1. The molecular weight excluding hydrogens is 506 g/mol. The monoisotopic (exact) mass is 537 g/mol. The molecule has 0 radical (unpaired) electrons. The molecule has 9 heteroatoms. The van der Waals surface area contributed by atoms with Crippen molar-refractivity contribution in [2.75, 3.05) is 18.0 Å². The Labute approximate surface area is 226 Å². The number of amides is 1. The molecule has 8 rings (SSSR count). The molecule has 3 unspecified atom stereocenters. The fraction of sp³-hybridized carbons (Fsp3) is 0.552. The second kappa shape index (κ2) is 8.85. The van der Waals surface area contributed by atoms with Crippen molar-refractivity contribution in [3.05, 3.63) is 52.5 Å². The highest BCUT2D eigenvalue weighted by molar-refractivity contribution is 6.31. The second-order valence-electron chi connectivity index (χ2n) is 12.2. The van der Waals surface area contributed by atoms with Gasteiger partial charge in [-0.15, -0.1) is 0 Å². The Morgan fingerprint density at radius 1 is 1.08 bits per heavy atom. The average molecular weight is 538 g/mol. The average Bonchev–Trinajstić information content (AvgIpc) is 3.39. The number of carboxylic acids is 1. The van der Waals surface area contributed by atoms with Crippen molar-refractivity contribution < 1.29 is 24.5 Å². The van der Waals surface area contributed by atoms with Gasteiger partial charge in [0.05, 0.1) is 11.5 Å². The van der Waals surface area contributed by atoms with E-state index in [0.29, 0.717) is 47.2 Å². The summed E-state index contributed by atoms with van der Waals surface area (Å²) < 4.78 is 6.13. The zero-order valence-corrected chi connectivity index (χ0v) is 21.8. The Morgan fingerprint density at radius 3 is 2.45 bits per heavy atom. The molecule has 1 amide bonds. The molecule has 2 heterocycles. The summed E-state index contributed by atoms with van der Waals surface area (Å²) in [7, 11) is 0. The number of piperidine rings is 1. The lowest BCUT2D eigenvalue weighted by Gasteiger charge is -2.58. The van der Waals surface area contributed by atoms with Crippen LogP contribution in [-0.4, -0.2) is 51.8 Å². The van der Waals surface area contributed by atoms with Crippen LogP contribution in [-0.2, 0) is 11.4 Å². The molecule has 5 aliphatic carbocycles. The zero-order valence-electron chi connectivity index (χ0n) is 21.1. The first-order valence-corrected chi connectivity index (χ1v) is 14.0. The first-order chi connectivity index (χ1) is 18.3. The number of nitrogens with one attached hydrogen (secondary N) is 1. The number of rotatable bonds is 7. The molecule has 1 saturated heterocycles. The van der Waals surface area contributed by atoms with Gasteiger partial charge in [0.2, 0.25) is 5.88 Å². The zero-order chi connectivity index (χ0) is 26.2. The lowest BCUT2D eigenvalue weighted by atomic mass is 9.52. The molecule has 1 aromatic heterocycles. The maximum Gasteiger partial charge on any atom is 0.307 e. The quantitative estimate of drug-likeness (QED) is 0.493. The molecule has 1 aromatic carbocycles. The molecule has 4 bridgehead atoms. The molecule has 5 atom stereocenters. The van der Waals surface area contributed by atoms with Gasteiger partial charge in [0, 0.05) is 29.7 Å².